The fourth-order valence-electron chi connectivity index (χ4n) is 1.57. The van der Waals surface area contributed by atoms with E-state index in [9.17, 15) is 9.59 Å². The second-order valence-corrected chi connectivity index (χ2v) is 3.74. The molecular weight excluding hydrogens is 250 g/mol. The van der Waals surface area contributed by atoms with Gasteiger partial charge in [-0.05, 0) is 25.1 Å². The first-order chi connectivity index (χ1) is 9.02. The summed E-state index contributed by atoms with van der Waals surface area (Å²) in [5, 5.41) is 12.6. The quantitative estimate of drug-likeness (QED) is 0.830. The molecule has 2 rings (SSSR count). The highest BCUT2D eigenvalue weighted by Crippen LogP contribution is 2.11. The Labute approximate surface area is 108 Å². The molecule has 98 valence electrons. The monoisotopic (exact) mass is 261 g/mol. The zero-order valence-electron chi connectivity index (χ0n) is 10.3. The Balaban J connectivity index is 2.38. The molecule has 0 fully saturated rings. The van der Waals surface area contributed by atoms with Crippen molar-refractivity contribution in [2.75, 3.05) is 7.11 Å². The molecule has 0 saturated carbocycles. The lowest BCUT2D eigenvalue weighted by molar-refractivity contribution is 0.0598. The van der Waals surface area contributed by atoms with E-state index in [0.717, 1.165) is 0 Å². The highest BCUT2D eigenvalue weighted by atomic mass is 16.5. The van der Waals surface area contributed by atoms with Crippen molar-refractivity contribution in [1.29, 1.82) is 0 Å². The van der Waals surface area contributed by atoms with Crippen LogP contribution in [0, 0.1) is 6.92 Å². The van der Waals surface area contributed by atoms with E-state index in [4.69, 9.17) is 5.11 Å². The van der Waals surface area contributed by atoms with E-state index in [1.54, 1.807) is 19.1 Å². The molecule has 2 aromatic rings. The normalized spacial score (nSPS) is 10.2. The number of esters is 1. The maximum Gasteiger partial charge on any atom is 0.356 e. The molecule has 0 saturated heterocycles. The minimum atomic E-state index is -1.11. The maximum atomic E-state index is 11.4. The van der Waals surface area contributed by atoms with Gasteiger partial charge >= 0.3 is 11.9 Å². The van der Waals surface area contributed by atoms with Gasteiger partial charge in [0.2, 0.25) is 0 Å². The molecule has 0 unspecified atom stereocenters. The molecule has 1 N–H and O–H groups in total. The van der Waals surface area contributed by atoms with Crippen molar-refractivity contribution in [2.24, 2.45) is 0 Å². The third kappa shape index (κ3) is 2.44. The van der Waals surface area contributed by atoms with Crippen molar-refractivity contribution in [3.8, 4) is 5.82 Å². The van der Waals surface area contributed by atoms with Crippen LogP contribution in [0.5, 0.6) is 0 Å². The van der Waals surface area contributed by atoms with Gasteiger partial charge < -0.3 is 9.84 Å². The Morgan fingerprint density at radius 2 is 2.05 bits per heavy atom. The van der Waals surface area contributed by atoms with Crippen LogP contribution >= 0.6 is 0 Å². The molecule has 2 heterocycles. The smallest absolute Gasteiger partial charge is 0.356 e. The van der Waals surface area contributed by atoms with Crippen molar-refractivity contribution >= 4 is 11.9 Å². The zero-order chi connectivity index (χ0) is 14.0. The first-order valence-corrected chi connectivity index (χ1v) is 5.38. The molecular formula is C12H11N3O4. The van der Waals surface area contributed by atoms with Crippen LogP contribution in [-0.2, 0) is 4.74 Å². The number of methoxy groups -OCH3 is 1. The number of hydrogen-bond acceptors (Lipinski definition) is 5. The van der Waals surface area contributed by atoms with Crippen LogP contribution in [0.2, 0.25) is 0 Å². The van der Waals surface area contributed by atoms with Crippen molar-refractivity contribution in [3.05, 3.63) is 41.3 Å². The molecule has 0 aromatic carbocycles. The third-order valence-corrected chi connectivity index (χ3v) is 2.52. The number of aromatic carboxylic acids is 1. The Morgan fingerprint density at radius 1 is 1.32 bits per heavy atom. The van der Waals surface area contributed by atoms with Gasteiger partial charge in [-0.2, -0.15) is 5.10 Å². The molecule has 0 aliphatic carbocycles. The summed E-state index contributed by atoms with van der Waals surface area (Å²) >= 11 is 0. The summed E-state index contributed by atoms with van der Waals surface area (Å²) in [4.78, 5) is 26.3. The number of carbonyl (C=O) groups is 2. The van der Waals surface area contributed by atoms with E-state index in [1.165, 1.54) is 24.1 Å². The van der Waals surface area contributed by atoms with Crippen LogP contribution in [0.15, 0.2) is 24.4 Å². The highest BCUT2D eigenvalue weighted by Gasteiger charge is 2.13. The summed E-state index contributed by atoms with van der Waals surface area (Å²) in [6, 6.07) is 4.50. The van der Waals surface area contributed by atoms with E-state index in [0.29, 0.717) is 17.1 Å². The van der Waals surface area contributed by atoms with Gasteiger partial charge in [-0.15, -0.1) is 0 Å². The van der Waals surface area contributed by atoms with Crippen molar-refractivity contribution < 1.29 is 19.4 Å². The Hall–Kier alpha value is -2.70. The zero-order valence-corrected chi connectivity index (χ0v) is 10.3. The molecule has 0 atom stereocenters. The molecule has 7 heteroatoms. The van der Waals surface area contributed by atoms with Crippen LogP contribution in [-0.4, -0.2) is 38.9 Å². The average Bonchev–Trinajstić information content (AvgIpc) is 2.87. The van der Waals surface area contributed by atoms with Gasteiger partial charge in [0.1, 0.15) is 0 Å². The predicted octanol–water partition coefficient (Wildman–Crippen LogP) is 1.06. The topological polar surface area (TPSA) is 94.3 Å². The minimum absolute atomic E-state index is 0.0727. The standard InChI is InChI=1S/C12H11N3O4/c1-7-8(12(18)19-2)3-4-10(13-7)15-6-5-9(14-15)11(16)17/h3-6H,1-2H3,(H,16,17). The van der Waals surface area contributed by atoms with Gasteiger partial charge in [0.15, 0.2) is 11.5 Å². The first-order valence-electron chi connectivity index (χ1n) is 5.38. The van der Waals surface area contributed by atoms with Gasteiger partial charge in [-0.3, -0.25) is 0 Å². The molecule has 7 nitrogen and oxygen atoms in total. The van der Waals surface area contributed by atoms with Gasteiger partial charge in [0, 0.05) is 6.20 Å². The van der Waals surface area contributed by atoms with Crippen molar-refractivity contribution in [3.63, 3.8) is 0 Å². The SMILES string of the molecule is COC(=O)c1ccc(-n2ccc(C(=O)O)n2)nc1C. The highest BCUT2D eigenvalue weighted by molar-refractivity contribution is 5.90. The van der Waals surface area contributed by atoms with Gasteiger partial charge in [-0.1, -0.05) is 0 Å². The van der Waals surface area contributed by atoms with E-state index >= 15 is 0 Å². The molecule has 0 aliphatic rings. The summed E-state index contributed by atoms with van der Waals surface area (Å²) in [5.41, 5.74) is 0.769. The Kier molecular flexibility index (Phi) is 3.28. The number of carboxylic acid groups (broad SMARTS) is 1. The predicted molar refractivity (Wildman–Crippen MR) is 64.4 cm³/mol. The minimum Gasteiger partial charge on any atom is -0.476 e. The Bertz CT molecular complexity index is 648. The number of rotatable bonds is 3. The average molecular weight is 261 g/mol. The Morgan fingerprint density at radius 3 is 2.58 bits per heavy atom. The van der Waals surface area contributed by atoms with Crippen LogP contribution in [0.3, 0.4) is 0 Å². The van der Waals surface area contributed by atoms with E-state index in [2.05, 4.69) is 14.8 Å². The number of ether oxygens (including phenoxy) is 1. The molecule has 0 amide bonds. The fraction of sp³-hybridized carbons (Fsp3) is 0.167. The summed E-state index contributed by atoms with van der Waals surface area (Å²) in [6.45, 7) is 1.66. The number of carbonyl (C=O) groups excluding carboxylic acids is 1. The van der Waals surface area contributed by atoms with Gasteiger partial charge in [0.05, 0.1) is 18.4 Å². The molecule has 2 aromatic heterocycles. The summed E-state index contributed by atoms with van der Waals surface area (Å²) in [7, 11) is 1.29. The number of aromatic nitrogens is 3. The molecule has 0 radical (unpaired) electrons. The van der Waals surface area contributed by atoms with E-state index < -0.39 is 11.9 Å². The maximum absolute atomic E-state index is 11.4. The van der Waals surface area contributed by atoms with Crippen LogP contribution in [0.1, 0.15) is 26.5 Å². The van der Waals surface area contributed by atoms with Crippen LogP contribution in [0.4, 0.5) is 0 Å². The molecule has 19 heavy (non-hydrogen) atoms. The van der Waals surface area contributed by atoms with Crippen LogP contribution < -0.4 is 0 Å². The second-order valence-electron chi connectivity index (χ2n) is 3.74. The summed E-state index contributed by atoms with van der Waals surface area (Å²) in [6.07, 6.45) is 1.49. The first kappa shape index (κ1) is 12.7. The van der Waals surface area contributed by atoms with E-state index in [-0.39, 0.29) is 5.69 Å². The molecule has 0 bridgehead atoms. The molecule has 0 spiro atoms. The number of aryl methyl sites for hydroxylation is 1. The van der Waals surface area contributed by atoms with Crippen molar-refractivity contribution in [2.45, 2.75) is 6.92 Å². The van der Waals surface area contributed by atoms with Crippen LogP contribution in [0.25, 0.3) is 5.82 Å². The molecule has 0 aliphatic heterocycles. The third-order valence-electron chi connectivity index (χ3n) is 2.52. The van der Waals surface area contributed by atoms with E-state index in [1.807, 2.05) is 0 Å². The fourth-order valence-corrected chi connectivity index (χ4v) is 1.57. The lowest BCUT2D eigenvalue weighted by Crippen LogP contribution is -2.08. The lowest BCUT2D eigenvalue weighted by atomic mass is 10.2. The second kappa shape index (κ2) is 4.89. The number of hydrogen-bond donors (Lipinski definition) is 1. The number of nitrogens with zero attached hydrogens (tertiary/aromatic N) is 3. The lowest BCUT2D eigenvalue weighted by Gasteiger charge is -2.05. The summed E-state index contributed by atoms with van der Waals surface area (Å²) in [5.74, 6) is -1.15. The largest absolute Gasteiger partial charge is 0.476 e. The van der Waals surface area contributed by atoms with Gasteiger partial charge in [0.25, 0.3) is 0 Å². The van der Waals surface area contributed by atoms with Crippen molar-refractivity contribution in [1.82, 2.24) is 14.8 Å². The number of carboxylic acids is 1. The van der Waals surface area contributed by atoms with Gasteiger partial charge in [-0.25, -0.2) is 19.3 Å². The number of pyridine rings is 1. The summed E-state index contributed by atoms with van der Waals surface area (Å²) < 4.78 is 5.95.